The molecule has 0 spiro atoms. The maximum atomic E-state index is 11.2. The second kappa shape index (κ2) is 4.74. The number of nitriles is 1. The van der Waals surface area contributed by atoms with Gasteiger partial charge in [0.15, 0.2) is 0 Å². The Balaban J connectivity index is 2.16. The van der Waals surface area contributed by atoms with Crippen LogP contribution in [0.3, 0.4) is 0 Å². The molecular formula is C16H14N2O3. The zero-order chi connectivity index (χ0) is 15.0. The lowest BCUT2D eigenvalue weighted by Gasteiger charge is -2.35. The van der Waals surface area contributed by atoms with E-state index in [-0.39, 0.29) is 11.4 Å². The highest BCUT2D eigenvalue weighted by molar-refractivity contribution is 5.95. The number of methoxy groups -OCH3 is 1. The van der Waals surface area contributed by atoms with Crippen LogP contribution in [0.15, 0.2) is 24.3 Å². The summed E-state index contributed by atoms with van der Waals surface area (Å²) >= 11 is 0. The highest BCUT2D eigenvalue weighted by Gasteiger charge is 2.39. The third-order valence-corrected chi connectivity index (χ3v) is 4.18. The Kier molecular flexibility index (Phi) is 3.02. The lowest BCUT2D eigenvalue weighted by molar-refractivity contribution is 0.0692. The van der Waals surface area contributed by atoms with Crippen LogP contribution in [0.4, 0.5) is 0 Å². The molecule has 0 aliphatic heterocycles. The van der Waals surface area contributed by atoms with Crippen molar-refractivity contribution >= 4 is 16.9 Å². The fourth-order valence-corrected chi connectivity index (χ4v) is 2.75. The fraction of sp³-hybridized carbons (Fsp3) is 0.312. The Morgan fingerprint density at radius 3 is 2.71 bits per heavy atom. The molecule has 1 heterocycles. The van der Waals surface area contributed by atoms with Crippen LogP contribution in [0.25, 0.3) is 10.9 Å². The Morgan fingerprint density at radius 2 is 2.19 bits per heavy atom. The van der Waals surface area contributed by atoms with Gasteiger partial charge in [-0.15, -0.1) is 0 Å². The molecule has 0 atom stereocenters. The maximum Gasteiger partial charge on any atom is 0.341 e. The molecule has 5 heteroatoms. The molecule has 1 N–H and O–H groups in total. The van der Waals surface area contributed by atoms with Crippen LogP contribution < -0.4 is 4.74 Å². The average molecular weight is 282 g/mol. The van der Waals surface area contributed by atoms with E-state index in [4.69, 9.17) is 9.84 Å². The van der Waals surface area contributed by atoms with Crippen molar-refractivity contribution in [1.82, 2.24) is 4.98 Å². The van der Waals surface area contributed by atoms with Gasteiger partial charge in [-0.05, 0) is 37.0 Å². The number of nitrogens with zero attached hydrogens (tertiary/aromatic N) is 2. The molecule has 1 aliphatic rings. The smallest absolute Gasteiger partial charge is 0.341 e. The van der Waals surface area contributed by atoms with E-state index in [9.17, 15) is 10.1 Å². The van der Waals surface area contributed by atoms with Crippen LogP contribution in [0.2, 0.25) is 0 Å². The van der Waals surface area contributed by atoms with Crippen LogP contribution >= 0.6 is 0 Å². The number of hydrogen-bond donors (Lipinski definition) is 1. The Labute approximate surface area is 121 Å². The second-order valence-electron chi connectivity index (χ2n) is 5.31. The first-order chi connectivity index (χ1) is 10.1. The quantitative estimate of drug-likeness (QED) is 0.935. The number of carboxylic acids is 1. The first kappa shape index (κ1) is 13.4. The van der Waals surface area contributed by atoms with Gasteiger partial charge in [0.2, 0.25) is 5.88 Å². The van der Waals surface area contributed by atoms with Gasteiger partial charge in [-0.2, -0.15) is 5.26 Å². The molecule has 106 valence electrons. The summed E-state index contributed by atoms with van der Waals surface area (Å²) in [6.07, 6.45) is 2.78. The summed E-state index contributed by atoms with van der Waals surface area (Å²) in [5, 5.41) is 19.3. The van der Waals surface area contributed by atoms with Gasteiger partial charge in [0.25, 0.3) is 0 Å². The van der Waals surface area contributed by atoms with E-state index in [0.717, 1.165) is 30.2 Å². The van der Waals surface area contributed by atoms with E-state index in [0.29, 0.717) is 5.52 Å². The van der Waals surface area contributed by atoms with E-state index in [1.807, 2.05) is 18.2 Å². The molecule has 1 fully saturated rings. The number of carboxylic acid groups (broad SMARTS) is 1. The number of benzene rings is 1. The Morgan fingerprint density at radius 1 is 1.43 bits per heavy atom. The summed E-state index contributed by atoms with van der Waals surface area (Å²) < 4.78 is 5.05. The minimum absolute atomic E-state index is 0.0383. The molecule has 0 bridgehead atoms. The highest BCUT2D eigenvalue weighted by Crippen LogP contribution is 2.43. The Hall–Kier alpha value is -2.61. The van der Waals surface area contributed by atoms with Crippen molar-refractivity contribution in [3.63, 3.8) is 0 Å². The van der Waals surface area contributed by atoms with E-state index < -0.39 is 11.4 Å². The number of aromatic nitrogens is 1. The van der Waals surface area contributed by atoms with Gasteiger partial charge in [-0.25, -0.2) is 9.78 Å². The van der Waals surface area contributed by atoms with Gasteiger partial charge in [0.1, 0.15) is 5.56 Å². The molecule has 1 aromatic heterocycles. The van der Waals surface area contributed by atoms with Gasteiger partial charge < -0.3 is 9.84 Å². The summed E-state index contributed by atoms with van der Waals surface area (Å²) in [4.78, 5) is 15.5. The van der Waals surface area contributed by atoms with Gasteiger partial charge >= 0.3 is 5.97 Å². The molecule has 0 unspecified atom stereocenters. The lowest BCUT2D eigenvalue weighted by Crippen LogP contribution is -2.32. The second-order valence-corrected chi connectivity index (χ2v) is 5.31. The predicted octanol–water partition coefficient (Wildman–Crippen LogP) is 2.89. The van der Waals surface area contributed by atoms with Crippen molar-refractivity contribution in [1.29, 1.82) is 5.26 Å². The van der Waals surface area contributed by atoms with Gasteiger partial charge in [-0.3, -0.25) is 0 Å². The monoisotopic (exact) mass is 282 g/mol. The number of pyridine rings is 1. The molecule has 0 amide bonds. The number of carbonyl (C=O) groups is 1. The third-order valence-electron chi connectivity index (χ3n) is 4.18. The van der Waals surface area contributed by atoms with Gasteiger partial charge in [0.05, 0.1) is 24.1 Å². The van der Waals surface area contributed by atoms with Crippen LogP contribution in [0.1, 0.15) is 35.2 Å². The molecule has 2 aromatic rings. The van der Waals surface area contributed by atoms with Crippen molar-refractivity contribution in [3.8, 4) is 11.9 Å². The summed E-state index contributed by atoms with van der Waals surface area (Å²) in [5.41, 5.74) is 1.22. The molecule has 5 nitrogen and oxygen atoms in total. The highest BCUT2D eigenvalue weighted by atomic mass is 16.5. The number of rotatable bonds is 3. The number of fused-ring (bicyclic) bond motifs is 1. The zero-order valence-corrected chi connectivity index (χ0v) is 11.6. The molecule has 0 saturated heterocycles. The first-order valence-corrected chi connectivity index (χ1v) is 6.73. The Bertz CT molecular complexity index is 773. The first-order valence-electron chi connectivity index (χ1n) is 6.73. The average Bonchev–Trinajstić information content (AvgIpc) is 2.45. The summed E-state index contributed by atoms with van der Waals surface area (Å²) in [5.74, 6) is -0.982. The van der Waals surface area contributed by atoms with Gasteiger partial charge in [-0.1, -0.05) is 12.1 Å². The standard InChI is InChI=1S/C16H14N2O3/c1-21-14-12(15(19)20)7-10-3-4-11(8-13(10)18-14)16(9-17)5-2-6-16/h3-4,7-8H,2,5-6H2,1H3,(H,19,20). The van der Waals surface area contributed by atoms with Crippen molar-refractivity contribution in [3.05, 3.63) is 35.4 Å². The number of hydrogen-bond acceptors (Lipinski definition) is 4. The van der Waals surface area contributed by atoms with Gasteiger partial charge in [0, 0.05) is 5.39 Å². The summed E-state index contributed by atoms with van der Waals surface area (Å²) in [6, 6.07) is 9.53. The number of ether oxygens (including phenoxy) is 1. The van der Waals surface area contributed by atoms with E-state index in [1.54, 1.807) is 6.07 Å². The van der Waals surface area contributed by atoms with Crippen LogP contribution in [-0.2, 0) is 5.41 Å². The third kappa shape index (κ3) is 2.00. The largest absolute Gasteiger partial charge is 0.480 e. The molecule has 1 aromatic carbocycles. The minimum atomic E-state index is -1.07. The van der Waals surface area contributed by atoms with Crippen molar-refractivity contribution in [2.75, 3.05) is 7.11 Å². The zero-order valence-electron chi connectivity index (χ0n) is 11.6. The van der Waals surface area contributed by atoms with Crippen LogP contribution in [0, 0.1) is 11.3 Å². The summed E-state index contributed by atoms with van der Waals surface area (Å²) in [6.45, 7) is 0. The molecule has 1 saturated carbocycles. The van der Waals surface area contributed by atoms with Crippen molar-refractivity contribution in [2.45, 2.75) is 24.7 Å². The van der Waals surface area contributed by atoms with Crippen LogP contribution in [0.5, 0.6) is 5.88 Å². The normalized spacial score (nSPS) is 16.0. The van der Waals surface area contributed by atoms with E-state index >= 15 is 0 Å². The minimum Gasteiger partial charge on any atom is -0.480 e. The van der Waals surface area contributed by atoms with E-state index in [1.165, 1.54) is 7.11 Å². The lowest BCUT2D eigenvalue weighted by atomic mass is 9.65. The molecule has 3 rings (SSSR count). The maximum absolute atomic E-state index is 11.2. The van der Waals surface area contributed by atoms with Crippen molar-refractivity contribution in [2.24, 2.45) is 0 Å². The molecule has 21 heavy (non-hydrogen) atoms. The molecule has 0 radical (unpaired) electrons. The summed E-state index contributed by atoms with van der Waals surface area (Å²) in [7, 11) is 1.40. The fourth-order valence-electron chi connectivity index (χ4n) is 2.75. The molecule has 1 aliphatic carbocycles. The SMILES string of the molecule is COc1nc2cc(C3(C#N)CCC3)ccc2cc1C(=O)O. The van der Waals surface area contributed by atoms with Crippen LogP contribution in [-0.4, -0.2) is 23.2 Å². The predicted molar refractivity (Wildman–Crippen MR) is 76.4 cm³/mol. The van der Waals surface area contributed by atoms with E-state index in [2.05, 4.69) is 11.1 Å². The number of aromatic carboxylic acids is 1. The molecular weight excluding hydrogens is 268 g/mol. The van der Waals surface area contributed by atoms with Crippen molar-refractivity contribution < 1.29 is 14.6 Å². The topological polar surface area (TPSA) is 83.2 Å².